The Morgan fingerprint density at radius 3 is 2.90 bits per heavy atom. The Labute approximate surface area is 128 Å². The number of aliphatic hydroxyl groups is 1. The van der Waals surface area contributed by atoms with Gasteiger partial charge < -0.3 is 15.7 Å². The summed E-state index contributed by atoms with van der Waals surface area (Å²) in [6.07, 6.45) is -0.0435. The molecule has 1 aromatic rings. The Morgan fingerprint density at radius 1 is 1.55 bits per heavy atom. The van der Waals surface area contributed by atoms with Gasteiger partial charge in [-0.25, -0.2) is 0 Å². The molecule has 0 bridgehead atoms. The van der Waals surface area contributed by atoms with Crippen LogP contribution in [0, 0.1) is 5.41 Å². The lowest BCUT2D eigenvalue weighted by Crippen LogP contribution is -2.42. The molecule has 20 heavy (non-hydrogen) atoms. The van der Waals surface area contributed by atoms with Crippen molar-refractivity contribution in [3.63, 3.8) is 0 Å². The highest BCUT2D eigenvalue weighted by molar-refractivity contribution is 6.35. The number of benzene rings is 1. The molecule has 0 aliphatic carbocycles. The molecule has 1 aliphatic rings. The molecule has 0 spiro atoms. The van der Waals surface area contributed by atoms with Gasteiger partial charge in [0.15, 0.2) is 0 Å². The van der Waals surface area contributed by atoms with E-state index in [0.29, 0.717) is 22.2 Å². The van der Waals surface area contributed by atoms with Crippen molar-refractivity contribution in [3.05, 3.63) is 33.8 Å². The van der Waals surface area contributed by atoms with E-state index in [0.717, 1.165) is 13.0 Å². The average Bonchev–Trinajstić information content (AvgIpc) is 2.84. The zero-order valence-electron chi connectivity index (χ0n) is 11.2. The van der Waals surface area contributed by atoms with Crippen LogP contribution < -0.4 is 10.6 Å². The lowest BCUT2D eigenvalue weighted by atomic mass is 9.89. The Balaban J connectivity index is 1.95. The molecule has 2 unspecified atom stereocenters. The maximum absolute atomic E-state index is 12.1. The number of carbonyl (C=O) groups is 1. The molecular formula is C14H18Cl2N2O2. The predicted molar refractivity (Wildman–Crippen MR) is 80.0 cm³/mol. The molecule has 2 atom stereocenters. The van der Waals surface area contributed by atoms with Crippen LogP contribution in [0.2, 0.25) is 10.0 Å². The Bertz CT molecular complexity index is 502. The van der Waals surface area contributed by atoms with Crippen LogP contribution in [0.4, 0.5) is 0 Å². The third-order valence-electron chi connectivity index (χ3n) is 3.69. The van der Waals surface area contributed by atoms with Crippen molar-refractivity contribution in [1.29, 1.82) is 0 Å². The number of amides is 1. The minimum Gasteiger partial charge on any atom is -0.387 e. The monoisotopic (exact) mass is 316 g/mol. The van der Waals surface area contributed by atoms with Gasteiger partial charge in [-0.3, -0.25) is 4.79 Å². The molecule has 1 heterocycles. The molecule has 6 heteroatoms. The summed E-state index contributed by atoms with van der Waals surface area (Å²) in [5.41, 5.74) is 0.162. The molecule has 0 aromatic heterocycles. The minimum absolute atomic E-state index is 0.0494. The Morgan fingerprint density at radius 2 is 2.30 bits per heavy atom. The van der Waals surface area contributed by atoms with Crippen molar-refractivity contribution >= 4 is 29.1 Å². The number of hydrogen-bond donors (Lipinski definition) is 3. The van der Waals surface area contributed by atoms with Gasteiger partial charge in [0.25, 0.3) is 0 Å². The number of aliphatic hydroxyl groups excluding tert-OH is 1. The highest BCUT2D eigenvalue weighted by Gasteiger charge is 2.36. The van der Waals surface area contributed by atoms with E-state index < -0.39 is 11.5 Å². The topological polar surface area (TPSA) is 61.4 Å². The zero-order valence-corrected chi connectivity index (χ0v) is 12.8. The molecular weight excluding hydrogens is 299 g/mol. The number of nitrogens with one attached hydrogen (secondary N) is 2. The molecule has 110 valence electrons. The second kappa shape index (κ2) is 6.31. The van der Waals surface area contributed by atoms with Crippen molar-refractivity contribution in [1.82, 2.24) is 10.6 Å². The fourth-order valence-corrected chi connectivity index (χ4v) is 2.83. The summed E-state index contributed by atoms with van der Waals surface area (Å²) in [7, 11) is 0. The summed E-state index contributed by atoms with van der Waals surface area (Å²) in [6, 6.07) is 4.90. The minimum atomic E-state index is -0.846. The first-order valence-electron chi connectivity index (χ1n) is 6.54. The molecule has 1 fully saturated rings. The van der Waals surface area contributed by atoms with E-state index in [1.165, 1.54) is 0 Å². The second-order valence-corrected chi connectivity index (χ2v) is 6.22. The van der Waals surface area contributed by atoms with Gasteiger partial charge in [0, 0.05) is 28.7 Å². The van der Waals surface area contributed by atoms with E-state index in [9.17, 15) is 9.90 Å². The number of halogens is 2. The summed E-state index contributed by atoms with van der Waals surface area (Å²) in [4.78, 5) is 12.1. The highest BCUT2D eigenvalue weighted by Crippen LogP contribution is 2.27. The largest absolute Gasteiger partial charge is 0.387 e. The summed E-state index contributed by atoms with van der Waals surface area (Å²) in [5.74, 6) is -0.0494. The van der Waals surface area contributed by atoms with Crippen molar-refractivity contribution in [3.8, 4) is 0 Å². The van der Waals surface area contributed by atoms with Gasteiger partial charge >= 0.3 is 0 Å². The molecule has 0 radical (unpaired) electrons. The van der Waals surface area contributed by atoms with E-state index in [2.05, 4.69) is 10.6 Å². The van der Waals surface area contributed by atoms with E-state index in [4.69, 9.17) is 23.2 Å². The van der Waals surface area contributed by atoms with Crippen LogP contribution in [-0.4, -0.2) is 30.6 Å². The van der Waals surface area contributed by atoms with Gasteiger partial charge in [0.1, 0.15) is 0 Å². The molecule has 0 saturated carbocycles. The van der Waals surface area contributed by atoms with E-state index in [1.807, 2.05) is 6.92 Å². The zero-order chi connectivity index (χ0) is 14.8. The normalized spacial score (nSPS) is 23.6. The van der Waals surface area contributed by atoms with E-state index >= 15 is 0 Å². The van der Waals surface area contributed by atoms with Crippen LogP contribution >= 0.6 is 23.2 Å². The van der Waals surface area contributed by atoms with E-state index in [-0.39, 0.29) is 12.5 Å². The summed E-state index contributed by atoms with van der Waals surface area (Å²) < 4.78 is 0. The first-order valence-corrected chi connectivity index (χ1v) is 7.30. The van der Waals surface area contributed by atoms with Crippen molar-refractivity contribution in [2.75, 3.05) is 19.6 Å². The van der Waals surface area contributed by atoms with Crippen molar-refractivity contribution in [2.24, 2.45) is 5.41 Å². The van der Waals surface area contributed by atoms with Gasteiger partial charge in [0.2, 0.25) is 5.91 Å². The number of rotatable bonds is 4. The quantitative estimate of drug-likeness (QED) is 0.797. The fraction of sp³-hybridized carbons (Fsp3) is 0.500. The lowest BCUT2D eigenvalue weighted by molar-refractivity contribution is -0.129. The summed E-state index contributed by atoms with van der Waals surface area (Å²) in [5, 5.41) is 17.0. The van der Waals surface area contributed by atoms with Crippen LogP contribution in [-0.2, 0) is 4.79 Å². The van der Waals surface area contributed by atoms with Gasteiger partial charge in [-0.2, -0.15) is 0 Å². The summed E-state index contributed by atoms with van der Waals surface area (Å²) in [6.45, 7) is 3.56. The number of carbonyl (C=O) groups excluding carboxylic acids is 1. The van der Waals surface area contributed by atoms with Gasteiger partial charge in [-0.15, -0.1) is 0 Å². The summed E-state index contributed by atoms with van der Waals surface area (Å²) >= 11 is 11.8. The molecule has 1 amide bonds. The molecule has 4 nitrogen and oxygen atoms in total. The third-order valence-corrected chi connectivity index (χ3v) is 4.26. The molecule has 2 rings (SSSR count). The maximum Gasteiger partial charge on any atom is 0.227 e. The average molecular weight is 317 g/mol. The molecule has 3 N–H and O–H groups in total. The van der Waals surface area contributed by atoms with Gasteiger partial charge in [-0.1, -0.05) is 29.3 Å². The highest BCUT2D eigenvalue weighted by atomic mass is 35.5. The van der Waals surface area contributed by atoms with Gasteiger partial charge in [0.05, 0.1) is 11.5 Å². The fourth-order valence-electron chi connectivity index (χ4n) is 2.30. The maximum atomic E-state index is 12.1. The first-order chi connectivity index (χ1) is 9.42. The van der Waals surface area contributed by atoms with Crippen molar-refractivity contribution < 1.29 is 9.90 Å². The first kappa shape index (κ1) is 15.6. The molecule has 1 aliphatic heterocycles. The Hall–Kier alpha value is -0.810. The lowest BCUT2D eigenvalue weighted by Gasteiger charge is -2.23. The van der Waals surface area contributed by atoms with Crippen LogP contribution in [0.1, 0.15) is 25.0 Å². The Kier molecular flexibility index (Phi) is 4.91. The third kappa shape index (κ3) is 3.44. The standard InChI is InChI=1S/C14H18Cl2N2O2/c1-14(4-5-17-8-14)13(20)18-7-12(19)10-3-2-9(15)6-11(10)16/h2-3,6,12,17,19H,4-5,7-8H2,1H3,(H,18,20). The SMILES string of the molecule is CC1(C(=O)NCC(O)c2ccc(Cl)cc2Cl)CCNC1. The number of hydrogen-bond acceptors (Lipinski definition) is 3. The van der Waals surface area contributed by atoms with E-state index in [1.54, 1.807) is 18.2 Å². The van der Waals surface area contributed by atoms with Crippen LogP contribution in [0.3, 0.4) is 0 Å². The second-order valence-electron chi connectivity index (χ2n) is 5.38. The molecule has 1 saturated heterocycles. The predicted octanol–water partition coefficient (Wildman–Crippen LogP) is 2.14. The molecule has 1 aromatic carbocycles. The smallest absolute Gasteiger partial charge is 0.227 e. The van der Waals surface area contributed by atoms with Crippen LogP contribution in [0.15, 0.2) is 18.2 Å². The van der Waals surface area contributed by atoms with Crippen LogP contribution in [0.25, 0.3) is 0 Å². The van der Waals surface area contributed by atoms with Crippen molar-refractivity contribution in [2.45, 2.75) is 19.4 Å². The van der Waals surface area contributed by atoms with Crippen LogP contribution in [0.5, 0.6) is 0 Å². The van der Waals surface area contributed by atoms with Gasteiger partial charge in [-0.05, 0) is 32.0 Å².